The van der Waals surface area contributed by atoms with E-state index in [9.17, 15) is 0 Å². The van der Waals surface area contributed by atoms with Gasteiger partial charge in [0.25, 0.3) is 0 Å². The van der Waals surface area contributed by atoms with Crippen LogP contribution >= 0.6 is 11.6 Å². The lowest BCUT2D eigenvalue weighted by molar-refractivity contribution is 0.625. The molecule has 1 N–H and O–H groups in total. The summed E-state index contributed by atoms with van der Waals surface area (Å²) in [5, 5.41) is 8.09. The summed E-state index contributed by atoms with van der Waals surface area (Å²) in [5.74, 6) is 0. The minimum absolute atomic E-state index is 0.214. The number of hydrogen-bond donors (Lipinski definition) is 1. The molecule has 0 aliphatic heterocycles. The fraction of sp³-hybridized carbons (Fsp3) is 0.400. The maximum Gasteiger partial charge on any atom is 0.157 e. The predicted molar refractivity (Wildman–Crippen MR) is 60.2 cm³/mol. The van der Waals surface area contributed by atoms with Crippen molar-refractivity contribution in [3.63, 3.8) is 0 Å². The van der Waals surface area contributed by atoms with Gasteiger partial charge in [-0.05, 0) is 20.9 Å². The smallest absolute Gasteiger partial charge is 0.157 e. The van der Waals surface area contributed by atoms with Crippen molar-refractivity contribution in [3.8, 4) is 0 Å². The molecule has 0 saturated carbocycles. The Morgan fingerprint density at radius 3 is 2.93 bits per heavy atom. The molecule has 0 aliphatic rings. The molecule has 80 valence electrons. The van der Waals surface area contributed by atoms with Gasteiger partial charge in [-0.1, -0.05) is 11.6 Å². The highest BCUT2D eigenvalue weighted by atomic mass is 35.5. The number of aryl methyl sites for hydroxylation is 1. The second kappa shape index (κ2) is 3.79. The Bertz CT molecular complexity index is 452. The van der Waals surface area contributed by atoms with Crippen LogP contribution in [0.1, 0.15) is 24.2 Å². The van der Waals surface area contributed by atoms with Gasteiger partial charge in [-0.3, -0.25) is 0 Å². The van der Waals surface area contributed by atoms with Gasteiger partial charge >= 0.3 is 0 Å². The van der Waals surface area contributed by atoms with E-state index in [2.05, 4.69) is 22.3 Å². The maximum absolute atomic E-state index is 5.94. The number of fused-ring (bicyclic) bond motifs is 1. The van der Waals surface area contributed by atoms with E-state index in [0.717, 1.165) is 16.9 Å². The van der Waals surface area contributed by atoms with Crippen molar-refractivity contribution >= 4 is 17.2 Å². The largest absolute Gasteiger partial charge is 0.312 e. The number of halogens is 1. The van der Waals surface area contributed by atoms with E-state index in [4.69, 9.17) is 11.6 Å². The van der Waals surface area contributed by atoms with Crippen LogP contribution < -0.4 is 5.32 Å². The van der Waals surface area contributed by atoms with Gasteiger partial charge in [0.2, 0.25) is 0 Å². The van der Waals surface area contributed by atoms with Crippen molar-refractivity contribution in [1.82, 2.24) is 19.9 Å². The molecule has 0 fully saturated rings. The van der Waals surface area contributed by atoms with Crippen molar-refractivity contribution in [2.45, 2.75) is 19.9 Å². The van der Waals surface area contributed by atoms with E-state index in [0.29, 0.717) is 5.15 Å². The summed E-state index contributed by atoms with van der Waals surface area (Å²) >= 11 is 5.94. The molecule has 2 rings (SSSR count). The number of aromatic nitrogens is 3. The first-order chi connectivity index (χ1) is 7.11. The van der Waals surface area contributed by atoms with E-state index < -0.39 is 0 Å². The summed E-state index contributed by atoms with van der Waals surface area (Å²) in [5.41, 5.74) is 2.67. The van der Waals surface area contributed by atoms with Crippen LogP contribution in [0.4, 0.5) is 0 Å². The molecule has 2 aromatic rings. The fourth-order valence-corrected chi connectivity index (χ4v) is 1.50. The Morgan fingerprint density at radius 1 is 1.53 bits per heavy atom. The molecular weight excluding hydrogens is 212 g/mol. The zero-order valence-electron chi connectivity index (χ0n) is 8.95. The molecule has 0 amide bonds. The van der Waals surface area contributed by atoms with Crippen LogP contribution in [0, 0.1) is 6.92 Å². The highest BCUT2D eigenvalue weighted by Gasteiger charge is 2.09. The molecule has 4 nitrogen and oxygen atoms in total. The molecular formula is C10H13ClN4. The molecule has 2 aromatic heterocycles. The minimum Gasteiger partial charge on any atom is -0.312 e. The van der Waals surface area contributed by atoms with E-state index in [1.54, 1.807) is 4.52 Å². The summed E-state index contributed by atoms with van der Waals surface area (Å²) in [6.45, 7) is 3.97. The highest BCUT2D eigenvalue weighted by Crippen LogP contribution is 2.16. The van der Waals surface area contributed by atoms with E-state index in [-0.39, 0.29) is 6.04 Å². The van der Waals surface area contributed by atoms with Crippen molar-refractivity contribution in [2.24, 2.45) is 0 Å². The molecule has 0 spiro atoms. The second-order valence-corrected chi connectivity index (χ2v) is 3.96. The van der Waals surface area contributed by atoms with Crippen LogP contribution in [-0.2, 0) is 0 Å². The van der Waals surface area contributed by atoms with Gasteiger partial charge in [-0.15, -0.1) is 0 Å². The first-order valence-corrected chi connectivity index (χ1v) is 5.19. The zero-order chi connectivity index (χ0) is 11.0. The summed E-state index contributed by atoms with van der Waals surface area (Å²) in [7, 11) is 1.90. The number of rotatable bonds is 2. The van der Waals surface area contributed by atoms with Crippen LogP contribution in [0.5, 0.6) is 0 Å². The van der Waals surface area contributed by atoms with Crippen LogP contribution in [0.15, 0.2) is 12.3 Å². The Hall–Kier alpha value is -1.13. The molecule has 0 unspecified atom stereocenters. The lowest BCUT2D eigenvalue weighted by Crippen LogP contribution is -2.12. The van der Waals surface area contributed by atoms with Crippen molar-refractivity contribution in [2.75, 3.05) is 7.05 Å². The van der Waals surface area contributed by atoms with Crippen molar-refractivity contribution < 1.29 is 0 Å². The Balaban J connectivity index is 2.56. The van der Waals surface area contributed by atoms with Crippen LogP contribution in [0.2, 0.25) is 5.15 Å². The Labute approximate surface area is 93.3 Å². The normalized spacial score (nSPS) is 13.3. The monoisotopic (exact) mass is 224 g/mol. The van der Waals surface area contributed by atoms with Crippen LogP contribution in [0.25, 0.3) is 5.65 Å². The fourth-order valence-electron chi connectivity index (χ4n) is 1.37. The highest BCUT2D eigenvalue weighted by molar-refractivity contribution is 6.30. The predicted octanol–water partition coefficient (Wildman–Crippen LogP) is 1.97. The summed E-state index contributed by atoms with van der Waals surface area (Å²) in [6.07, 6.45) is 1.89. The topological polar surface area (TPSA) is 42.2 Å². The number of nitrogens with one attached hydrogen (secondary N) is 1. The van der Waals surface area contributed by atoms with Gasteiger partial charge in [-0.2, -0.15) is 5.10 Å². The van der Waals surface area contributed by atoms with Gasteiger partial charge < -0.3 is 5.32 Å². The molecule has 0 aromatic carbocycles. The minimum atomic E-state index is 0.214. The van der Waals surface area contributed by atoms with E-state index in [1.807, 2.05) is 26.2 Å². The third kappa shape index (κ3) is 1.82. The number of hydrogen-bond acceptors (Lipinski definition) is 3. The molecule has 0 radical (unpaired) electrons. The molecule has 0 saturated heterocycles. The SMILES string of the molecule is CN[C@@H](C)c1cc2nc(Cl)c(C)cn2n1. The van der Waals surface area contributed by atoms with E-state index in [1.165, 1.54) is 0 Å². The average Bonchev–Trinajstić information content (AvgIpc) is 2.60. The van der Waals surface area contributed by atoms with Crippen LogP contribution in [-0.4, -0.2) is 21.6 Å². The summed E-state index contributed by atoms with van der Waals surface area (Å²) < 4.78 is 1.75. The summed E-state index contributed by atoms with van der Waals surface area (Å²) in [4.78, 5) is 4.25. The molecule has 0 aliphatic carbocycles. The quantitative estimate of drug-likeness (QED) is 0.794. The second-order valence-electron chi connectivity index (χ2n) is 3.60. The lowest BCUT2D eigenvalue weighted by Gasteiger charge is -2.03. The summed E-state index contributed by atoms with van der Waals surface area (Å²) in [6, 6.07) is 2.15. The third-order valence-electron chi connectivity index (χ3n) is 2.47. The lowest BCUT2D eigenvalue weighted by atomic mass is 10.2. The van der Waals surface area contributed by atoms with Gasteiger partial charge in [0.15, 0.2) is 5.65 Å². The van der Waals surface area contributed by atoms with Gasteiger partial charge in [0.05, 0.1) is 5.69 Å². The standard InChI is InChI=1S/C10H13ClN4/c1-6-5-15-9(13-10(6)11)4-8(14-15)7(2)12-3/h4-5,7,12H,1-3H3/t7-/m0/s1. The van der Waals surface area contributed by atoms with Crippen molar-refractivity contribution in [3.05, 3.63) is 28.7 Å². The Kier molecular flexibility index (Phi) is 2.63. The van der Waals surface area contributed by atoms with Gasteiger partial charge in [0.1, 0.15) is 5.15 Å². The molecule has 2 heterocycles. The molecule has 0 bridgehead atoms. The van der Waals surface area contributed by atoms with E-state index >= 15 is 0 Å². The molecule has 1 atom stereocenters. The van der Waals surface area contributed by atoms with Gasteiger partial charge in [-0.25, -0.2) is 9.50 Å². The maximum atomic E-state index is 5.94. The Morgan fingerprint density at radius 2 is 2.27 bits per heavy atom. The molecule has 15 heavy (non-hydrogen) atoms. The first-order valence-electron chi connectivity index (χ1n) is 4.81. The number of nitrogens with zero attached hydrogens (tertiary/aromatic N) is 3. The van der Waals surface area contributed by atoms with Gasteiger partial charge in [0, 0.05) is 23.9 Å². The van der Waals surface area contributed by atoms with Crippen molar-refractivity contribution in [1.29, 1.82) is 0 Å². The zero-order valence-corrected chi connectivity index (χ0v) is 9.71. The molecule has 5 heteroatoms. The average molecular weight is 225 g/mol. The third-order valence-corrected chi connectivity index (χ3v) is 2.85. The van der Waals surface area contributed by atoms with Crippen LogP contribution in [0.3, 0.4) is 0 Å². The first kappa shape index (κ1) is 10.4.